The van der Waals surface area contributed by atoms with Gasteiger partial charge in [-0.25, -0.2) is 22.7 Å². The second-order valence-electron chi connectivity index (χ2n) is 5.69. The van der Waals surface area contributed by atoms with Crippen molar-refractivity contribution >= 4 is 28.0 Å². The summed E-state index contributed by atoms with van der Waals surface area (Å²) in [7, 11) is -3.68. The zero-order valence-electron chi connectivity index (χ0n) is 14.2. The summed E-state index contributed by atoms with van der Waals surface area (Å²) in [6.07, 6.45) is 3.58. The normalized spacial score (nSPS) is 17.2. The predicted molar refractivity (Wildman–Crippen MR) is 93.7 cm³/mol. The Morgan fingerprint density at radius 3 is 2.67 bits per heavy atom. The van der Waals surface area contributed by atoms with Crippen LogP contribution in [0.1, 0.15) is 17.7 Å². The highest BCUT2D eigenvalue weighted by Crippen LogP contribution is 2.14. The van der Waals surface area contributed by atoms with Gasteiger partial charge in [0.1, 0.15) is 5.76 Å². The van der Waals surface area contributed by atoms with Crippen molar-refractivity contribution in [3.8, 4) is 0 Å². The van der Waals surface area contributed by atoms with Crippen LogP contribution in [0.2, 0.25) is 0 Å². The fourth-order valence-electron chi connectivity index (χ4n) is 2.35. The second-order valence-corrected chi connectivity index (χ2v) is 7.45. The van der Waals surface area contributed by atoms with Crippen molar-refractivity contribution < 1.29 is 31.9 Å². The monoisotopic (exact) mass is 391 g/mol. The molecule has 0 aliphatic carbocycles. The average molecular weight is 391 g/mol. The molecule has 1 aliphatic rings. The molecule has 8 nitrogen and oxygen atoms in total. The Hall–Kier alpha value is -2.91. The second kappa shape index (κ2) is 8.19. The summed E-state index contributed by atoms with van der Waals surface area (Å²) in [6.45, 7) is 0.289. The molecule has 9 heteroatoms. The van der Waals surface area contributed by atoms with Crippen LogP contribution in [-0.2, 0) is 35.6 Å². The summed E-state index contributed by atoms with van der Waals surface area (Å²) in [5.41, 5.74) is 0.603. The highest BCUT2D eigenvalue weighted by atomic mass is 32.2. The van der Waals surface area contributed by atoms with Crippen molar-refractivity contribution in [2.75, 3.05) is 6.61 Å². The van der Waals surface area contributed by atoms with Crippen LogP contribution in [0.4, 0.5) is 0 Å². The number of hydrogen-bond donors (Lipinski definition) is 1. The van der Waals surface area contributed by atoms with Crippen LogP contribution in [-0.4, -0.2) is 33.1 Å². The Morgan fingerprint density at radius 1 is 1.26 bits per heavy atom. The number of furan rings is 1. The number of nitrogens with one attached hydrogen (secondary N) is 1. The lowest BCUT2D eigenvalue weighted by atomic mass is 10.2. The lowest BCUT2D eigenvalue weighted by Gasteiger charge is -2.06. The number of rotatable bonds is 7. The van der Waals surface area contributed by atoms with Gasteiger partial charge in [-0.2, -0.15) is 0 Å². The third kappa shape index (κ3) is 5.05. The number of carbonyl (C=O) groups excluding carboxylic acids is 2. The lowest BCUT2D eigenvalue weighted by Crippen LogP contribution is -2.22. The van der Waals surface area contributed by atoms with Crippen molar-refractivity contribution in [1.29, 1.82) is 0 Å². The minimum Gasteiger partial charge on any atom is -0.468 e. The van der Waals surface area contributed by atoms with Gasteiger partial charge in [0.05, 0.1) is 24.3 Å². The van der Waals surface area contributed by atoms with E-state index in [4.69, 9.17) is 13.9 Å². The lowest BCUT2D eigenvalue weighted by molar-refractivity contribution is -0.156. The maximum Gasteiger partial charge on any atom is 0.347 e. The number of benzene rings is 1. The van der Waals surface area contributed by atoms with E-state index in [9.17, 15) is 18.0 Å². The molecular weight excluding hydrogens is 374 g/mol. The van der Waals surface area contributed by atoms with E-state index in [1.807, 2.05) is 0 Å². The first-order chi connectivity index (χ1) is 12.9. The van der Waals surface area contributed by atoms with E-state index >= 15 is 0 Å². The zero-order valence-corrected chi connectivity index (χ0v) is 15.0. The molecule has 0 unspecified atom stereocenters. The first-order valence-electron chi connectivity index (χ1n) is 8.11. The molecule has 1 aromatic heterocycles. The Balaban J connectivity index is 1.57. The predicted octanol–water partition coefficient (Wildman–Crippen LogP) is 1.63. The quantitative estimate of drug-likeness (QED) is 0.564. The highest BCUT2D eigenvalue weighted by molar-refractivity contribution is 7.89. The smallest absolute Gasteiger partial charge is 0.347 e. The molecule has 2 heterocycles. The minimum absolute atomic E-state index is 0.0480. The summed E-state index contributed by atoms with van der Waals surface area (Å²) in [4.78, 5) is 23.0. The van der Waals surface area contributed by atoms with E-state index < -0.39 is 28.1 Å². The minimum atomic E-state index is -3.68. The molecule has 0 bridgehead atoms. The van der Waals surface area contributed by atoms with Crippen molar-refractivity contribution in [1.82, 2.24) is 4.72 Å². The standard InChI is InChI=1S/C18H17NO7S/c20-17(26-16-9-11-25-18(16)21)8-5-13-3-6-15(7-4-13)27(22,23)19-12-14-2-1-10-24-14/h1-8,10,16,19H,9,11-12H2/b8-5+/t16-/m0/s1. The van der Waals surface area contributed by atoms with E-state index in [0.29, 0.717) is 17.7 Å². The van der Waals surface area contributed by atoms with Gasteiger partial charge in [0.25, 0.3) is 0 Å². The summed E-state index contributed by atoms with van der Waals surface area (Å²) in [5.74, 6) is -0.716. The molecule has 0 amide bonds. The van der Waals surface area contributed by atoms with Crippen LogP contribution in [0, 0.1) is 0 Å². The Bertz CT molecular complexity index is 931. The van der Waals surface area contributed by atoms with Crippen molar-refractivity contribution in [2.45, 2.75) is 24.0 Å². The van der Waals surface area contributed by atoms with Gasteiger partial charge in [-0.1, -0.05) is 12.1 Å². The van der Waals surface area contributed by atoms with Crippen LogP contribution in [0.5, 0.6) is 0 Å². The summed E-state index contributed by atoms with van der Waals surface area (Å²) in [5, 5.41) is 0. The molecule has 1 aromatic carbocycles. The molecule has 0 radical (unpaired) electrons. The van der Waals surface area contributed by atoms with Gasteiger partial charge in [0.15, 0.2) is 0 Å². The first-order valence-corrected chi connectivity index (χ1v) is 9.60. The van der Waals surface area contributed by atoms with E-state index in [1.54, 1.807) is 24.3 Å². The molecule has 1 atom stereocenters. The Kier molecular flexibility index (Phi) is 5.72. The molecule has 2 aromatic rings. The SMILES string of the molecule is O=C(/C=C/c1ccc(S(=O)(=O)NCc2ccco2)cc1)O[C@H]1CCOC1=O. The van der Waals surface area contributed by atoms with Crippen LogP contribution in [0.3, 0.4) is 0 Å². The topological polar surface area (TPSA) is 112 Å². The van der Waals surface area contributed by atoms with E-state index in [0.717, 1.165) is 0 Å². The average Bonchev–Trinajstić information content (AvgIpc) is 3.31. The van der Waals surface area contributed by atoms with E-state index in [2.05, 4.69) is 4.72 Å². The van der Waals surface area contributed by atoms with E-state index in [1.165, 1.54) is 30.5 Å². The molecule has 1 fully saturated rings. The Morgan fingerprint density at radius 2 is 2.04 bits per heavy atom. The fourth-order valence-corrected chi connectivity index (χ4v) is 3.34. The van der Waals surface area contributed by atoms with Gasteiger partial charge < -0.3 is 13.9 Å². The third-order valence-corrected chi connectivity index (χ3v) is 5.18. The molecule has 1 saturated heterocycles. The Labute approximate surface area is 155 Å². The summed E-state index contributed by atoms with van der Waals surface area (Å²) >= 11 is 0. The number of ether oxygens (including phenoxy) is 2. The number of sulfonamides is 1. The van der Waals surface area contributed by atoms with E-state index in [-0.39, 0.29) is 18.0 Å². The van der Waals surface area contributed by atoms with Gasteiger partial charge in [-0.15, -0.1) is 0 Å². The summed E-state index contributed by atoms with van der Waals surface area (Å²) < 4.78 is 41.7. The molecule has 1 N–H and O–H groups in total. The molecule has 27 heavy (non-hydrogen) atoms. The number of hydrogen-bond acceptors (Lipinski definition) is 7. The largest absolute Gasteiger partial charge is 0.468 e. The zero-order chi connectivity index (χ0) is 19.3. The van der Waals surface area contributed by atoms with Gasteiger partial charge in [0, 0.05) is 12.5 Å². The van der Waals surface area contributed by atoms with Gasteiger partial charge >= 0.3 is 11.9 Å². The van der Waals surface area contributed by atoms with Crippen LogP contribution < -0.4 is 4.72 Å². The van der Waals surface area contributed by atoms with Gasteiger partial charge in [0.2, 0.25) is 16.1 Å². The fraction of sp³-hybridized carbons (Fsp3) is 0.222. The van der Waals surface area contributed by atoms with Gasteiger partial charge in [-0.05, 0) is 35.9 Å². The van der Waals surface area contributed by atoms with Crippen molar-refractivity contribution in [3.63, 3.8) is 0 Å². The molecule has 0 spiro atoms. The molecule has 3 rings (SSSR count). The number of esters is 2. The first kappa shape index (κ1) is 18.9. The molecule has 142 valence electrons. The third-order valence-electron chi connectivity index (χ3n) is 3.76. The maximum absolute atomic E-state index is 12.2. The van der Waals surface area contributed by atoms with Crippen LogP contribution in [0.15, 0.2) is 58.1 Å². The molecule has 0 saturated carbocycles. The van der Waals surface area contributed by atoms with Gasteiger partial charge in [-0.3, -0.25) is 0 Å². The molecular formula is C18H17NO7S. The van der Waals surface area contributed by atoms with Crippen molar-refractivity contribution in [2.24, 2.45) is 0 Å². The maximum atomic E-state index is 12.2. The summed E-state index contributed by atoms with van der Waals surface area (Å²) in [6, 6.07) is 9.28. The number of carbonyl (C=O) groups is 2. The molecule has 1 aliphatic heterocycles. The number of cyclic esters (lactones) is 1. The van der Waals surface area contributed by atoms with Crippen molar-refractivity contribution in [3.05, 3.63) is 60.1 Å². The van der Waals surface area contributed by atoms with Crippen LogP contribution in [0.25, 0.3) is 6.08 Å². The van der Waals surface area contributed by atoms with Crippen LogP contribution >= 0.6 is 0 Å². The highest BCUT2D eigenvalue weighted by Gasteiger charge is 2.29.